The maximum atomic E-state index is 5.45. The average molecular weight is 384 g/mol. The van der Waals surface area contributed by atoms with Gasteiger partial charge in [-0.2, -0.15) is 10.1 Å². The smallest absolute Gasteiger partial charge is 0.227 e. The van der Waals surface area contributed by atoms with Gasteiger partial charge >= 0.3 is 0 Å². The Morgan fingerprint density at radius 2 is 1.82 bits per heavy atom. The third-order valence-corrected chi connectivity index (χ3v) is 6.19. The van der Waals surface area contributed by atoms with E-state index in [0.717, 1.165) is 77.2 Å². The number of rotatable bonds is 4. The van der Waals surface area contributed by atoms with Crippen LogP contribution in [0.1, 0.15) is 23.4 Å². The van der Waals surface area contributed by atoms with Crippen LogP contribution in [0.4, 0.5) is 11.8 Å². The number of piperazine rings is 1. The first kappa shape index (κ1) is 17.9. The number of ether oxygens (including phenoxy) is 1. The first-order valence-electron chi connectivity index (χ1n) is 10.4. The Labute approximate surface area is 166 Å². The maximum absolute atomic E-state index is 5.45. The lowest BCUT2D eigenvalue weighted by Crippen LogP contribution is -2.47. The molecule has 8 nitrogen and oxygen atoms in total. The quantitative estimate of drug-likeness (QED) is 0.776. The second-order valence-electron chi connectivity index (χ2n) is 7.93. The Kier molecular flexibility index (Phi) is 4.90. The largest absolute Gasteiger partial charge is 0.378 e. The highest BCUT2D eigenvalue weighted by atomic mass is 16.5. The van der Waals surface area contributed by atoms with Gasteiger partial charge in [0.05, 0.1) is 24.6 Å². The van der Waals surface area contributed by atoms with Crippen molar-refractivity contribution in [1.82, 2.24) is 24.6 Å². The number of anilines is 2. The molecule has 0 radical (unpaired) electrons. The molecule has 2 aromatic rings. The van der Waals surface area contributed by atoms with E-state index in [1.807, 2.05) is 12.3 Å². The lowest BCUT2D eigenvalue weighted by Gasteiger charge is -2.35. The van der Waals surface area contributed by atoms with E-state index in [1.54, 1.807) is 0 Å². The third-order valence-electron chi connectivity index (χ3n) is 6.19. The summed E-state index contributed by atoms with van der Waals surface area (Å²) in [4.78, 5) is 16.5. The molecule has 0 atom stereocenters. The van der Waals surface area contributed by atoms with E-state index in [2.05, 4.69) is 31.4 Å². The monoisotopic (exact) mass is 383 g/mol. The Morgan fingerprint density at radius 3 is 2.64 bits per heavy atom. The molecule has 5 rings (SSSR count). The minimum absolute atomic E-state index is 0.774. The Balaban J connectivity index is 1.22. The molecule has 2 aromatic heterocycles. The van der Waals surface area contributed by atoms with Gasteiger partial charge in [-0.25, -0.2) is 4.98 Å². The molecule has 28 heavy (non-hydrogen) atoms. The number of aromatic nitrogens is 4. The zero-order chi connectivity index (χ0) is 18.9. The maximum Gasteiger partial charge on any atom is 0.227 e. The number of aryl methyl sites for hydroxylation is 2. The van der Waals surface area contributed by atoms with Crippen LogP contribution in [0.15, 0.2) is 12.3 Å². The van der Waals surface area contributed by atoms with Gasteiger partial charge in [-0.15, -0.1) is 0 Å². The minimum Gasteiger partial charge on any atom is -0.378 e. The van der Waals surface area contributed by atoms with Crippen molar-refractivity contribution < 1.29 is 4.74 Å². The van der Waals surface area contributed by atoms with Gasteiger partial charge in [-0.1, -0.05) is 0 Å². The molecular formula is C20H29N7O. The zero-order valence-corrected chi connectivity index (χ0v) is 16.7. The Hall–Kier alpha value is -2.19. The van der Waals surface area contributed by atoms with Crippen molar-refractivity contribution in [2.24, 2.45) is 7.05 Å². The van der Waals surface area contributed by atoms with Crippen molar-refractivity contribution >= 4 is 11.8 Å². The normalized spacial score (nSPS) is 20.6. The molecule has 0 aromatic carbocycles. The summed E-state index contributed by atoms with van der Waals surface area (Å²) in [5.74, 6) is 1.87. The molecule has 3 aliphatic rings. The van der Waals surface area contributed by atoms with Gasteiger partial charge in [0.15, 0.2) is 0 Å². The van der Waals surface area contributed by atoms with Crippen LogP contribution in [0.2, 0.25) is 0 Å². The van der Waals surface area contributed by atoms with E-state index >= 15 is 0 Å². The summed E-state index contributed by atoms with van der Waals surface area (Å²) in [7, 11) is 2.09. The van der Waals surface area contributed by atoms with Crippen LogP contribution in [-0.2, 0) is 31.2 Å². The third kappa shape index (κ3) is 3.46. The fourth-order valence-corrected chi connectivity index (χ4v) is 4.56. The molecule has 4 heterocycles. The highest BCUT2D eigenvalue weighted by molar-refractivity contribution is 5.44. The number of hydrogen-bond acceptors (Lipinski definition) is 7. The molecule has 0 N–H and O–H groups in total. The highest BCUT2D eigenvalue weighted by Crippen LogP contribution is 2.26. The van der Waals surface area contributed by atoms with Crippen LogP contribution in [0, 0.1) is 0 Å². The molecule has 2 fully saturated rings. The SMILES string of the molecule is Cn1nc2c(c1CN1CCN(c3nccc(N4CCOCC4)n3)CC1)CCC2. The predicted molar refractivity (Wildman–Crippen MR) is 108 cm³/mol. The number of fused-ring (bicyclic) bond motifs is 1. The number of hydrogen-bond donors (Lipinski definition) is 0. The van der Waals surface area contributed by atoms with Crippen molar-refractivity contribution in [2.75, 3.05) is 62.3 Å². The zero-order valence-electron chi connectivity index (χ0n) is 16.7. The molecule has 150 valence electrons. The fraction of sp³-hybridized carbons (Fsp3) is 0.650. The molecule has 0 bridgehead atoms. The van der Waals surface area contributed by atoms with Crippen LogP contribution < -0.4 is 9.80 Å². The Morgan fingerprint density at radius 1 is 1.00 bits per heavy atom. The van der Waals surface area contributed by atoms with Gasteiger partial charge in [0.2, 0.25) is 5.95 Å². The van der Waals surface area contributed by atoms with Crippen molar-refractivity contribution in [3.8, 4) is 0 Å². The standard InChI is InChI=1S/C20H29N7O/c1-24-18(16-3-2-4-17(16)23-24)15-25-7-9-27(10-8-25)20-21-6-5-19(22-20)26-11-13-28-14-12-26/h5-6H,2-4,7-15H2,1H3. The molecule has 2 saturated heterocycles. The number of nitrogens with zero attached hydrogens (tertiary/aromatic N) is 7. The lowest BCUT2D eigenvalue weighted by atomic mass is 10.2. The average Bonchev–Trinajstić information content (AvgIpc) is 3.31. The molecule has 0 amide bonds. The highest BCUT2D eigenvalue weighted by Gasteiger charge is 2.25. The molecule has 2 aliphatic heterocycles. The topological polar surface area (TPSA) is 62.6 Å². The fourth-order valence-electron chi connectivity index (χ4n) is 4.56. The molecular weight excluding hydrogens is 354 g/mol. The van der Waals surface area contributed by atoms with Crippen molar-refractivity contribution in [2.45, 2.75) is 25.8 Å². The molecule has 8 heteroatoms. The van der Waals surface area contributed by atoms with Gasteiger partial charge in [-0.3, -0.25) is 9.58 Å². The van der Waals surface area contributed by atoms with Crippen molar-refractivity contribution in [3.05, 3.63) is 29.2 Å². The minimum atomic E-state index is 0.774. The van der Waals surface area contributed by atoms with E-state index in [9.17, 15) is 0 Å². The summed E-state index contributed by atoms with van der Waals surface area (Å²) in [6, 6.07) is 2.01. The van der Waals surface area contributed by atoms with E-state index in [4.69, 9.17) is 14.8 Å². The number of morpholine rings is 1. The van der Waals surface area contributed by atoms with Gasteiger partial charge in [0, 0.05) is 59.1 Å². The lowest BCUT2D eigenvalue weighted by molar-refractivity contribution is 0.122. The summed E-state index contributed by atoms with van der Waals surface area (Å²) >= 11 is 0. The summed E-state index contributed by atoms with van der Waals surface area (Å²) < 4.78 is 7.55. The van der Waals surface area contributed by atoms with Crippen molar-refractivity contribution in [1.29, 1.82) is 0 Å². The summed E-state index contributed by atoms with van der Waals surface area (Å²) in [6.45, 7) is 8.35. The van der Waals surface area contributed by atoms with Crippen LogP contribution >= 0.6 is 0 Å². The second kappa shape index (κ2) is 7.67. The van der Waals surface area contributed by atoms with Gasteiger partial charge < -0.3 is 14.5 Å². The van der Waals surface area contributed by atoms with Gasteiger partial charge in [-0.05, 0) is 30.9 Å². The van der Waals surface area contributed by atoms with Gasteiger partial charge in [0.1, 0.15) is 5.82 Å². The van der Waals surface area contributed by atoms with Crippen molar-refractivity contribution in [3.63, 3.8) is 0 Å². The van der Waals surface area contributed by atoms with E-state index < -0.39 is 0 Å². The first-order valence-corrected chi connectivity index (χ1v) is 10.4. The van der Waals surface area contributed by atoms with Crippen LogP contribution in [0.5, 0.6) is 0 Å². The predicted octanol–water partition coefficient (Wildman–Crippen LogP) is 0.858. The van der Waals surface area contributed by atoms with Crippen LogP contribution in [-0.4, -0.2) is 77.1 Å². The summed E-state index contributed by atoms with van der Waals surface area (Å²) in [5.41, 5.74) is 4.24. The van der Waals surface area contributed by atoms with E-state index in [0.29, 0.717) is 0 Å². The first-order chi connectivity index (χ1) is 13.8. The molecule has 1 aliphatic carbocycles. The second-order valence-corrected chi connectivity index (χ2v) is 7.93. The van der Waals surface area contributed by atoms with Crippen LogP contribution in [0.3, 0.4) is 0 Å². The molecule has 0 saturated carbocycles. The van der Waals surface area contributed by atoms with Gasteiger partial charge in [0.25, 0.3) is 0 Å². The summed E-state index contributed by atoms with van der Waals surface area (Å²) in [6.07, 6.45) is 5.49. The van der Waals surface area contributed by atoms with E-state index in [-0.39, 0.29) is 0 Å². The summed E-state index contributed by atoms with van der Waals surface area (Å²) in [5, 5.41) is 4.72. The molecule has 0 unspecified atom stereocenters. The Bertz CT molecular complexity index is 822. The molecule has 0 spiro atoms. The van der Waals surface area contributed by atoms with E-state index in [1.165, 1.54) is 29.8 Å². The van der Waals surface area contributed by atoms with Crippen LogP contribution in [0.25, 0.3) is 0 Å².